The average molecular weight is 452 g/mol. The SMILES string of the molecule is CCOC(=O)Cn1c(=NC(=O)C=Cc2ccc([N+](=O)[O-])s2)sc2cc(Cl)ccc21. The van der Waals surface area contributed by atoms with Crippen LogP contribution in [0.3, 0.4) is 0 Å². The van der Waals surface area contributed by atoms with Gasteiger partial charge in [0, 0.05) is 22.0 Å². The van der Waals surface area contributed by atoms with E-state index in [2.05, 4.69) is 4.99 Å². The number of esters is 1. The Balaban J connectivity index is 1.94. The summed E-state index contributed by atoms with van der Waals surface area (Å²) in [5.74, 6) is -1.01. The molecule has 1 aromatic carbocycles. The fourth-order valence-electron chi connectivity index (χ4n) is 2.44. The van der Waals surface area contributed by atoms with Crippen LogP contribution in [0.4, 0.5) is 5.00 Å². The highest BCUT2D eigenvalue weighted by atomic mass is 35.5. The average Bonchev–Trinajstić information content (AvgIpc) is 3.25. The van der Waals surface area contributed by atoms with E-state index < -0.39 is 16.8 Å². The molecular formula is C18H14ClN3O5S2. The van der Waals surface area contributed by atoms with E-state index in [-0.39, 0.29) is 18.2 Å². The van der Waals surface area contributed by atoms with Gasteiger partial charge in [-0.2, -0.15) is 4.99 Å². The van der Waals surface area contributed by atoms with E-state index in [9.17, 15) is 19.7 Å². The fourth-order valence-corrected chi connectivity index (χ4v) is 4.47. The maximum atomic E-state index is 12.3. The summed E-state index contributed by atoms with van der Waals surface area (Å²) in [6.45, 7) is 1.86. The van der Waals surface area contributed by atoms with E-state index in [0.29, 0.717) is 20.2 Å². The van der Waals surface area contributed by atoms with Crippen LogP contribution >= 0.6 is 34.3 Å². The summed E-state index contributed by atoms with van der Waals surface area (Å²) in [4.78, 5) is 39.5. The molecule has 0 aliphatic rings. The Bertz CT molecular complexity index is 1190. The number of nitro groups is 1. The Kier molecular flexibility index (Phi) is 6.57. The molecule has 0 N–H and O–H groups in total. The van der Waals surface area contributed by atoms with Gasteiger partial charge in [-0.05, 0) is 37.3 Å². The molecule has 2 aromatic heterocycles. The van der Waals surface area contributed by atoms with Gasteiger partial charge >= 0.3 is 11.0 Å². The lowest BCUT2D eigenvalue weighted by Gasteiger charge is -2.04. The van der Waals surface area contributed by atoms with Crippen molar-refractivity contribution in [3.05, 3.63) is 61.2 Å². The highest BCUT2D eigenvalue weighted by molar-refractivity contribution is 7.16. The van der Waals surface area contributed by atoms with Crippen LogP contribution in [0.5, 0.6) is 0 Å². The van der Waals surface area contributed by atoms with Gasteiger partial charge in [0.1, 0.15) is 6.54 Å². The number of carbonyl (C=O) groups excluding carboxylic acids is 2. The minimum atomic E-state index is -0.559. The van der Waals surface area contributed by atoms with Crippen molar-refractivity contribution in [1.29, 1.82) is 0 Å². The molecule has 11 heteroatoms. The Hall–Kier alpha value is -2.82. The summed E-state index contributed by atoms with van der Waals surface area (Å²) in [6, 6.07) is 8.09. The third-order valence-electron chi connectivity index (χ3n) is 3.63. The molecule has 0 radical (unpaired) electrons. The number of amides is 1. The molecule has 0 atom stereocenters. The molecular weight excluding hydrogens is 438 g/mol. The molecule has 0 saturated carbocycles. The Morgan fingerprint density at radius 2 is 2.10 bits per heavy atom. The number of hydrogen-bond donors (Lipinski definition) is 0. The Labute approximate surface area is 177 Å². The van der Waals surface area contributed by atoms with Crippen LogP contribution in [0.1, 0.15) is 11.8 Å². The number of benzene rings is 1. The van der Waals surface area contributed by atoms with E-state index in [4.69, 9.17) is 16.3 Å². The van der Waals surface area contributed by atoms with Gasteiger partial charge in [-0.25, -0.2) is 0 Å². The minimum Gasteiger partial charge on any atom is -0.465 e. The molecule has 0 saturated heterocycles. The lowest BCUT2D eigenvalue weighted by Crippen LogP contribution is -2.22. The number of rotatable bonds is 6. The van der Waals surface area contributed by atoms with Crippen molar-refractivity contribution in [2.45, 2.75) is 13.5 Å². The predicted octanol–water partition coefficient (Wildman–Crippen LogP) is 4.03. The summed E-state index contributed by atoms with van der Waals surface area (Å²) in [5, 5.41) is 11.2. The van der Waals surface area contributed by atoms with Gasteiger partial charge in [-0.15, -0.1) is 0 Å². The van der Waals surface area contributed by atoms with Crippen LogP contribution in [0.15, 0.2) is 41.4 Å². The van der Waals surface area contributed by atoms with Crippen molar-refractivity contribution in [2.75, 3.05) is 6.61 Å². The Morgan fingerprint density at radius 1 is 1.31 bits per heavy atom. The fraction of sp³-hybridized carbons (Fsp3) is 0.167. The maximum absolute atomic E-state index is 12.3. The van der Waals surface area contributed by atoms with Crippen molar-refractivity contribution in [3.8, 4) is 0 Å². The molecule has 3 rings (SSSR count). The van der Waals surface area contributed by atoms with Gasteiger partial charge in [0.25, 0.3) is 5.91 Å². The second kappa shape index (κ2) is 9.12. The van der Waals surface area contributed by atoms with Gasteiger partial charge in [-0.3, -0.25) is 19.7 Å². The van der Waals surface area contributed by atoms with Crippen LogP contribution in [0.2, 0.25) is 5.02 Å². The summed E-state index contributed by atoms with van der Waals surface area (Å²) >= 11 is 8.21. The minimum absolute atomic E-state index is 0.0114. The lowest BCUT2D eigenvalue weighted by molar-refractivity contribution is -0.380. The van der Waals surface area contributed by atoms with Crippen LogP contribution in [-0.2, 0) is 20.9 Å². The topological polar surface area (TPSA) is 104 Å². The number of halogens is 1. The quantitative estimate of drug-likeness (QED) is 0.243. The van der Waals surface area contributed by atoms with Crippen molar-refractivity contribution < 1.29 is 19.2 Å². The van der Waals surface area contributed by atoms with Crippen molar-refractivity contribution in [3.63, 3.8) is 0 Å². The first-order chi connectivity index (χ1) is 13.9. The lowest BCUT2D eigenvalue weighted by atomic mass is 10.3. The third-order valence-corrected chi connectivity index (χ3v) is 5.90. The number of nitrogens with zero attached hydrogens (tertiary/aromatic N) is 3. The van der Waals surface area contributed by atoms with Gasteiger partial charge in [-0.1, -0.05) is 34.3 Å². The molecule has 0 aliphatic carbocycles. The zero-order valence-corrected chi connectivity index (χ0v) is 17.4. The molecule has 29 heavy (non-hydrogen) atoms. The number of ether oxygens (including phenoxy) is 1. The van der Waals surface area contributed by atoms with E-state index in [1.54, 1.807) is 35.8 Å². The molecule has 0 spiro atoms. The zero-order valence-electron chi connectivity index (χ0n) is 15.0. The molecule has 150 valence electrons. The van der Waals surface area contributed by atoms with Crippen LogP contribution < -0.4 is 4.80 Å². The molecule has 0 bridgehead atoms. The first-order valence-corrected chi connectivity index (χ1v) is 10.3. The van der Waals surface area contributed by atoms with E-state index >= 15 is 0 Å². The Morgan fingerprint density at radius 3 is 2.79 bits per heavy atom. The molecule has 2 heterocycles. The number of hydrogen-bond acceptors (Lipinski definition) is 7. The summed E-state index contributed by atoms with van der Waals surface area (Å²) in [6.07, 6.45) is 2.69. The smallest absolute Gasteiger partial charge is 0.326 e. The highest BCUT2D eigenvalue weighted by Crippen LogP contribution is 2.25. The van der Waals surface area contributed by atoms with Crippen LogP contribution in [0.25, 0.3) is 16.3 Å². The van der Waals surface area contributed by atoms with Crippen LogP contribution in [0, 0.1) is 10.1 Å². The molecule has 0 fully saturated rings. The normalized spacial score (nSPS) is 12.0. The first-order valence-electron chi connectivity index (χ1n) is 8.33. The second-order valence-electron chi connectivity index (χ2n) is 5.60. The maximum Gasteiger partial charge on any atom is 0.326 e. The van der Waals surface area contributed by atoms with Crippen LogP contribution in [-0.4, -0.2) is 28.0 Å². The van der Waals surface area contributed by atoms with Crippen molar-refractivity contribution in [1.82, 2.24) is 4.57 Å². The number of aromatic nitrogens is 1. The first kappa shape index (κ1) is 20.9. The molecule has 3 aromatic rings. The van der Waals surface area contributed by atoms with Crippen molar-refractivity contribution >= 4 is 67.4 Å². The third kappa shape index (κ3) is 5.17. The van der Waals surface area contributed by atoms with Gasteiger partial charge in [0.05, 0.1) is 21.7 Å². The highest BCUT2D eigenvalue weighted by Gasteiger charge is 2.12. The van der Waals surface area contributed by atoms with E-state index in [1.165, 1.54) is 29.6 Å². The second-order valence-corrected chi connectivity index (χ2v) is 8.14. The molecule has 0 unspecified atom stereocenters. The van der Waals surface area contributed by atoms with Gasteiger partial charge < -0.3 is 9.30 Å². The number of thiazole rings is 1. The predicted molar refractivity (Wildman–Crippen MR) is 112 cm³/mol. The number of thiophene rings is 1. The van der Waals surface area contributed by atoms with E-state index in [0.717, 1.165) is 16.0 Å². The zero-order chi connectivity index (χ0) is 21.0. The van der Waals surface area contributed by atoms with E-state index in [1.807, 2.05) is 0 Å². The standard InChI is InChI=1S/C18H14ClN3O5S2/c1-2-27-17(24)10-21-13-6-3-11(19)9-14(13)29-18(21)20-15(23)7-4-12-5-8-16(28-12)22(25)26/h3-9H,2,10H2,1H3. The number of carbonyl (C=O) groups is 2. The summed E-state index contributed by atoms with van der Waals surface area (Å²) < 4.78 is 7.36. The largest absolute Gasteiger partial charge is 0.465 e. The van der Waals surface area contributed by atoms with Gasteiger partial charge in [0.15, 0.2) is 4.80 Å². The number of fused-ring (bicyclic) bond motifs is 1. The molecule has 0 aliphatic heterocycles. The monoisotopic (exact) mass is 451 g/mol. The molecule has 8 nitrogen and oxygen atoms in total. The summed E-state index contributed by atoms with van der Waals surface area (Å²) in [7, 11) is 0. The summed E-state index contributed by atoms with van der Waals surface area (Å²) in [5.41, 5.74) is 0.705. The van der Waals surface area contributed by atoms with Gasteiger partial charge in [0.2, 0.25) is 0 Å². The molecule has 1 amide bonds. The van der Waals surface area contributed by atoms with Crippen molar-refractivity contribution in [2.24, 2.45) is 4.99 Å².